The summed E-state index contributed by atoms with van der Waals surface area (Å²) in [5.41, 5.74) is 1.90. The van der Waals surface area contributed by atoms with Crippen LogP contribution in [-0.4, -0.2) is 23.8 Å². The highest BCUT2D eigenvalue weighted by Gasteiger charge is 2.18. The highest BCUT2D eigenvalue weighted by atomic mass is 16.3. The summed E-state index contributed by atoms with van der Waals surface area (Å²) >= 11 is 0. The van der Waals surface area contributed by atoms with Crippen LogP contribution in [0.1, 0.15) is 39.7 Å². The number of para-hydroxylation sites is 1. The first-order chi connectivity index (χ1) is 8.80. The van der Waals surface area contributed by atoms with E-state index in [2.05, 4.69) is 31.4 Å². The molecular weight excluding hydrogens is 240 g/mol. The molecule has 1 rings (SSSR count). The number of urea groups is 1. The van der Waals surface area contributed by atoms with Crippen LogP contribution in [0.3, 0.4) is 0 Å². The molecule has 2 amide bonds. The van der Waals surface area contributed by atoms with Crippen LogP contribution in [0.2, 0.25) is 0 Å². The van der Waals surface area contributed by atoms with Crippen molar-refractivity contribution >= 4 is 11.7 Å². The highest BCUT2D eigenvalue weighted by molar-refractivity contribution is 5.90. The van der Waals surface area contributed by atoms with Gasteiger partial charge in [0.05, 0.1) is 6.10 Å². The second-order valence-corrected chi connectivity index (χ2v) is 5.81. The molecule has 106 valence electrons. The van der Waals surface area contributed by atoms with Gasteiger partial charge in [0.1, 0.15) is 0 Å². The van der Waals surface area contributed by atoms with E-state index in [0.717, 1.165) is 11.3 Å². The van der Waals surface area contributed by atoms with Crippen molar-refractivity contribution in [3.8, 4) is 0 Å². The topological polar surface area (TPSA) is 61.4 Å². The fourth-order valence-corrected chi connectivity index (χ4v) is 1.81. The normalized spacial score (nSPS) is 12.9. The van der Waals surface area contributed by atoms with Gasteiger partial charge in [-0.1, -0.05) is 39.0 Å². The SMILES string of the molecule is CC(O)CCNC(=O)Nc1ccccc1C(C)(C)C. The Morgan fingerprint density at radius 1 is 1.32 bits per heavy atom. The van der Waals surface area contributed by atoms with Crippen LogP contribution in [-0.2, 0) is 5.41 Å². The van der Waals surface area contributed by atoms with E-state index in [1.165, 1.54) is 0 Å². The molecule has 0 aliphatic heterocycles. The molecule has 4 heteroatoms. The van der Waals surface area contributed by atoms with Gasteiger partial charge >= 0.3 is 6.03 Å². The van der Waals surface area contributed by atoms with Crippen LogP contribution in [0.4, 0.5) is 10.5 Å². The van der Waals surface area contributed by atoms with E-state index >= 15 is 0 Å². The molecule has 0 aliphatic rings. The Morgan fingerprint density at radius 3 is 2.53 bits per heavy atom. The molecule has 0 bridgehead atoms. The van der Waals surface area contributed by atoms with E-state index in [9.17, 15) is 4.79 Å². The third-order valence-electron chi connectivity index (χ3n) is 2.83. The minimum atomic E-state index is -0.401. The Bertz CT molecular complexity index is 422. The zero-order valence-corrected chi connectivity index (χ0v) is 12.2. The van der Waals surface area contributed by atoms with E-state index < -0.39 is 6.10 Å². The van der Waals surface area contributed by atoms with Crippen LogP contribution in [0, 0.1) is 0 Å². The smallest absolute Gasteiger partial charge is 0.319 e. The monoisotopic (exact) mass is 264 g/mol. The van der Waals surface area contributed by atoms with Gasteiger partial charge in [0, 0.05) is 12.2 Å². The maximum atomic E-state index is 11.8. The first-order valence-corrected chi connectivity index (χ1v) is 6.63. The minimum Gasteiger partial charge on any atom is -0.393 e. The van der Waals surface area contributed by atoms with Gasteiger partial charge in [0.25, 0.3) is 0 Å². The largest absolute Gasteiger partial charge is 0.393 e. The molecule has 0 saturated heterocycles. The van der Waals surface area contributed by atoms with Gasteiger partial charge in [0.2, 0.25) is 0 Å². The van der Waals surface area contributed by atoms with Crippen molar-refractivity contribution in [1.29, 1.82) is 0 Å². The van der Waals surface area contributed by atoms with Gasteiger partial charge in [0.15, 0.2) is 0 Å². The maximum absolute atomic E-state index is 11.8. The van der Waals surface area contributed by atoms with Crippen LogP contribution < -0.4 is 10.6 Å². The lowest BCUT2D eigenvalue weighted by Gasteiger charge is -2.23. The number of aliphatic hydroxyl groups excluding tert-OH is 1. The Hall–Kier alpha value is -1.55. The molecule has 3 N–H and O–H groups in total. The van der Waals surface area contributed by atoms with Crippen LogP contribution in [0.15, 0.2) is 24.3 Å². The van der Waals surface area contributed by atoms with Crippen molar-refractivity contribution in [3.63, 3.8) is 0 Å². The van der Waals surface area contributed by atoms with Gasteiger partial charge in [-0.05, 0) is 30.4 Å². The molecule has 0 aromatic heterocycles. The summed E-state index contributed by atoms with van der Waals surface area (Å²) in [4.78, 5) is 11.8. The summed E-state index contributed by atoms with van der Waals surface area (Å²) in [6, 6.07) is 7.55. The van der Waals surface area contributed by atoms with Gasteiger partial charge in [-0.2, -0.15) is 0 Å². The average molecular weight is 264 g/mol. The van der Waals surface area contributed by atoms with Crippen molar-refractivity contribution in [1.82, 2.24) is 5.32 Å². The summed E-state index contributed by atoms with van der Waals surface area (Å²) in [5.74, 6) is 0. The lowest BCUT2D eigenvalue weighted by atomic mass is 9.86. The van der Waals surface area contributed by atoms with Crippen LogP contribution in [0.5, 0.6) is 0 Å². The van der Waals surface area contributed by atoms with Crippen molar-refractivity contribution in [3.05, 3.63) is 29.8 Å². The molecule has 0 heterocycles. The number of carbonyl (C=O) groups is 1. The summed E-state index contributed by atoms with van der Waals surface area (Å²) in [6.07, 6.45) is 0.149. The summed E-state index contributed by atoms with van der Waals surface area (Å²) in [5, 5.41) is 14.7. The number of anilines is 1. The van der Waals surface area contributed by atoms with E-state index in [4.69, 9.17) is 5.11 Å². The van der Waals surface area contributed by atoms with Gasteiger partial charge in [-0.3, -0.25) is 0 Å². The molecule has 1 aromatic carbocycles. The summed E-state index contributed by atoms with van der Waals surface area (Å²) in [7, 11) is 0. The quantitative estimate of drug-likeness (QED) is 0.783. The first kappa shape index (κ1) is 15.5. The van der Waals surface area contributed by atoms with Crippen molar-refractivity contribution in [2.45, 2.75) is 45.6 Å². The zero-order valence-electron chi connectivity index (χ0n) is 12.2. The second kappa shape index (κ2) is 6.57. The average Bonchev–Trinajstić information content (AvgIpc) is 2.27. The Balaban J connectivity index is 2.64. The van der Waals surface area contributed by atoms with Crippen LogP contribution in [0.25, 0.3) is 0 Å². The lowest BCUT2D eigenvalue weighted by molar-refractivity contribution is 0.184. The third kappa shape index (κ3) is 5.30. The fourth-order valence-electron chi connectivity index (χ4n) is 1.81. The number of hydrogen-bond donors (Lipinski definition) is 3. The molecule has 1 atom stereocenters. The fraction of sp³-hybridized carbons (Fsp3) is 0.533. The molecule has 0 saturated carbocycles. The summed E-state index contributed by atoms with van der Waals surface area (Å²) < 4.78 is 0. The van der Waals surface area contributed by atoms with Gasteiger partial charge < -0.3 is 15.7 Å². The maximum Gasteiger partial charge on any atom is 0.319 e. The van der Waals surface area contributed by atoms with E-state index in [0.29, 0.717) is 13.0 Å². The van der Waals surface area contributed by atoms with E-state index in [1.807, 2.05) is 24.3 Å². The standard InChI is InChI=1S/C15H24N2O2/c1-11(18)9-10-16-14(19)17-13-8-6-5-7-12(13)15(2,3)4/h5-8,11,18H,9-10H2,1-4H3,(H2,16,17,19). The Kier molecular flexibility index (Phi) is 5.36. The Labute approximate surface area is 115 Å². The molecule has 4 nitrogen and oxygen atoms in total. The van der Waals surface area contributed by atoms with Crippen molar-refractivity contribution < 1.29 is 9.90 Å². The van der Waals surface area contributed by atoms with E-state index in [1.54, 1.807) is 6.92 Å². The van der Waals surface area contributed by atoms with Gasteiger partial charge in [-0.15, -0.1) is 0 Å². The number of hydrogen-bond acceptors (Lipinski definition) is 2. The van der Waals surface area contributed by atoms with E-state index in [-0.39, 0.29) is 11.4 Å². The molecule has 19 heavy (non-hydrogen) atoms. The lowest BCUT2D eigenvalue weighted by Crippen LogP contribution is -2.31. The highest BCUT2D eigenvalue weighted by Crippen LogP contribution is 2.29. The number of nitrogens with one attached hydrogen (secondary N) is 2. The number of amides is 2. The van der Waals surface area contributed by atoms with Crippen LogP contribution >= 0.6 is 0 Å². The second-order valence-electron chi connectivity index (χ2n) is 5.81. The van der Waals surface area contributed by atoms with Gasteiger partial charge in [-0.25, -0.2) is 4.79 Å². The molecule has 0 fully saturated rings. The minimum absolute atomic E-state index is 0.0243. The predicted octanol–water partition coefficient (Wildman–Crippen LogP) is 2.88. The molecule has 0 spiro atoms. The molecular formula is C15H24N2O2. The molecule has 0 radical (unpaired) electrons. The molecule has 0 aliphatic carbocycles. The number of rotatable bonds is 4. The summed E-state index contributed by atoms with van der Waals surface area (Å²) in [6.45, 7) is 8.49. The van der Waals surface area contributed by atoms with Crippen molar-refractivity contribution in [2.75, 3.05) is 11.9 Å². The molecule has 1 aromatic rings. The predicted molar refractivity (Wildman–Crippen MR) is 78.5 cm³/mol. The first-order valence-electron chi connectivity index (χ1n) is 6.63. The molecule has 1 unspecified atom stereocenters. The number of benzene rings is 1. The Morgan fingerprint density at radius 2 is 1.95 bits per heavy atom. The zero-order chi connectivity index (χ0) is 14.5. The van der Waals surface area contributed by atoms with Crippen molar-refractivity contribution in [2.24, 2.45) is 0 Å². The third-order valence-corrected chi connectivity index (χ3v) is 2.83. The number of aliphatic hydroxyl groups is 1. The number of carbonyl (C=O) groups excluding carboxylic acids is 1.